The van der Waals surface area contributed by atoms with Crippen molar-refractivity contribution >= 4 is 72.9 Å². The number of amides is 2. The Hall–Kier alpha value is -3.58. The molecule has 0 aliphatic carbocycles. The molecule has 2 aromatic carbocycles. The minimum absolute atomic E-state index is 0.134. The lowest BCUT2D eigenvalue weighted by Crippen LogP contribution is -2.37. The van der Waals surface area contributed by atoms with Crippen molar-refractivity contribution in [3.8, 4) is 11.3 Å². The second-order valence-corrected chi connectivity index (χ2v) is 11.2. The lowest BCUT2D eigenvalue weighted by molar-refractivity contribution is -0.399. The van der Waals surface area contributed by atoms with Gasteiger partial charge in [-0.1, -0.05) is 11.6 Å². The highest BCUT2D eigenvalue weighted by molar-refractivity contribution is 14.1. The number of alkyl halides is 1. The predicted octanol–water partition coefficient (Wildman–Crippen LogP) is 4.57. The third kappa shape index (κ3) is 5.88. The van der Waals surface area contributed by atoms with Gasteiger partial charge in [0.1, 0.15) is 15.9 Å². The first-order chi connectivity index (χ1) is 17.9. The molecule has 12 heteroatoms. The molecule has 5 rings (SSSR count). The van der Waals surface area contributed by atoms with Gasteiger partial charge in [0.2, 0.25) is 32.9 Å². The van der Waals surface area contributed by atoms with Crippen LogP contribution in [-0.4, -0.2) is 47.1 Å². The van der Waals surface area contributed by atoms with Crippen LogP contribution in [0.1, 0.15) is 6.42 Å². The summed E-state index contributed by atoms with van der Waals surface area (Å²) in [6.07, 6.45) is -0.228. The Balaban J connectivity index is 1.32. The largest absolute Gasteiger partial charge is 0.398 e. The first-order valence-electron chi connectivity index (χ1n) is 11.3. The minimum Gasteiger partial charge on any atom is -0.368 e. The Labute approximate surface area is 226 Å². The summed E-state index contributed by atoms with van der Waals surface area (Å²) in [5.74, 6) is -0.165. The van der Waals surface area contributed by atoms with Crippen molar-refractivity contribution in [1.82, 2.24) is 15.0 Å². The molecule has 9 nitrogen and oxygen atoms in total. The molecule has 0 fully saturated rings. The molecule has 0 radical (unpaired) electrons. The lowest BCUT2D eigenvalue weighted by Gasteiger charge is -2.23. The SMILES string of the molecule is Nc1nc(N2CC[N+](C(=O)CC(=O)Nc3ccc(Cl)cc3)=IC2)c2nc(-c3ccc(F)cc3)ccc2n1. The fourth-order valence-electron chi connectivity index (χ4n) is 3.79. The fourth-order valence-corrected chi connectivity index (χ4v) is 6.43. The Morgan fingerprint density at radius 1 is 1.05 bits per heavy atom. The van der Waals surface area contributed by atoms with Crippen LogP contribution in [0.3, 0.4) is 0 Å². The van der Waals surface area contributed by atoms with E-state index in [4.69, 9.17) is 22.3 Å². The first-order valence-corrected chi connectivity index (χ1v) is 14.1. The summed E-state index contributed by atoms with van der Waals surface area (Å²) >= 11 is 5.13. The summed E-state index contributed by atoms with van der Waals surface area (Å²) < 4.78 is 15.7. The molecule has 1 aliphatic heterocycles. The Morgan fingerprint density at radius 2 is 1.81 bits per heavy atom. The topological polar surface area (TPSA) is 117 Å². The van der Waals surface area contributed by atoms with Gasteiger partial charge in [-0.2, -0.15) is 4.98 Å². The molecule has 1 aliphatic rings. The standard InChI is InChI=1S/C25H20ClFIN7O2/c26-16-3-7-18(8-4-16)30-21(36)13-22(37)35-12-11-34(14-28-35)24-23-20(32-25(29)33-24)10-9-19(31-23)15-1-5-17(27)6-2-15/h1-10H,11-14H2,(H2-,29,30,32,33,36)/p+1. The fraction of sp³-hybridized carbons (Fsp3) is 0.160. The molecule has 0 atom stereocenters. The average molecular weight is 633 g/mol. The smallest absolute Gasteiger partial charge is 0.368 e. The van der Waals surface area contributed by atoms with Crippen LogP contribution >= 0.6 is 32.6 Å². The van der Waals surface area contributed by atoms with Gasteiger partial charge in [0.15, 0.2) is 18.8 Å². The molecular formula is C25H21ClFIN7O2+. The third-order valence-corrected chi connectivity index (χ3v) is 8.82. The number of hydrogen-bond donors (Lipinski definition) is 2. The molecule has 0 bridgehead atoms. The van der Waals surface area contributed by atoms with Crippen molar-refractivity contribution in [1.29, 1.82) is 0 Å². The average Bonchev–Trinajstić information content (AvgIpc) is 2.90. The van der Waals surface area contributed by atoms with E-state index in [1.54, 1.807) is 39.1 Å². The molecule has 188 valence electrons. The zero-order valence-corrected chi connectivity index (χ0v) is 22.3. The molecule has 3 N–H and O–H groups in total. The van der Waals surface area contributed by atoms with Gasteiger partial charge in [-0.3, -0.25) is 4.79 Å². The highest BCUT2D eigenvalue weighted by atomic mass is 127. The molecular weight excluding hydrogens is 612 g/mol. The van der Waals surface area contributed by atoms with Crippen LogP contribution in [0.2, 0.25) is 5.02 Å². The van der Waals surface area contributed by atoms with Crippen LogP contribution in [-0.2, 0) is 9.59 Å². The van der Waals surface area contributed by atoms with E-state index in [1.807, 2.05) is 17.0 Å². The molecule has 37 heavy (non-hydrogen) atoms. The maximum Gasteiger partial charge on any atom is 0.398 e. The molecule has 2 amide bonds. The van der Waals surface area contributed by atoms with Crippen LogP contribution in [0.5, 0.6) is 0 Å². The monoisotopic (exact) mass is 632 g/mol. The van der Waals surface area contributed by atoms with E-state index in [-0.39, 0.29) is 30.0 Å². The van der Waals surface area contributed by atoms with Gasteiger partial charge < -0.3 is 16.0 Å². The number of nitrogens with two attached hydrogens (primary N) is 1. The van der Waals surface area contributed by atoms with Crippen molar-refractivity contribution in [2.24, 2.45) is 0 Å². The number of carbonyl (C=O) groups is 2. The molecule has 2 aromatic heterocycles. The summed E-state index contributed by atoms with van der Waals surface area (Å²) in [5.41, 5.74) is 9.18. The second-order valence-electron chi connectivity index (χ2n) is 8.19. The van der Waals surface area contributed by atoms with Crippen LogP contribution < -0.4 is 16.0 Å². The lowest BCUT2D eigenvalue weighted by atomic mass is 10.1. The molecule has 0 spiro atoms. The summed E-state index contributed by atoms with van der Waals surface area (Å²) in [5, 5.41) is 3.29. The van der Waals surface area contributed by atoms with Gasteiger partial charge in [0, 0.05) is 16.3 Å². The molecule has 0 saturated heterocycles. The molecule has 4 aromatic rings. The zero-order chi connectivity index (χ0) is 25.9. The van der Waals surface area contributed by atoms with Crippen molar-refractivity contribution in [3.63, 3.8) is 0 Å². The van der Waals surface area contributed by atoms with Gasteiger partial charge in [0.25, 0.3) is 0 Å². The number of benzene rings is 2. The Kier molecular flexibility index (Phi) is 7.33. The second kappa shape index (κ2) is 10.8. The van der Waals surface area contributed by atoms with E-state index in [0.29, 0.717) is 50.9 Å². The van der Waals surface area contributed by atoms with Crippen LogP contribution in [0, 0.1) is 5.82 Å². The van der Waals surface area contributed by atoms with E-state index in [2.05, 4.69) is 15.3 Å². The van der Waals surface area contributed by atoms with Gasteiger partial charge in [-0.25, -0.2) is 19.2 Å². The number of nitrogen functional groups attached to an aromatic ring is 1. The molecule has 3 heterocycles. The van der Waals surface area contributed by atoms with Gasteiger partial charge in [-0.15, -0.1) is 2.73 Å². The number of carbonyl (C=O) groups excluding carboxylic acids is 2. The number of anilines is 3. The van der Waals surface area contributed by atoms with Gasteiger partial charge in [0.05, 0.1) is 17.8 Å². The quantitative estimate of drug-likeness (QED) is 0.143. The number of rotatable bonds is 5. The van der Waals surface area contributed by atoms with E-state index >= 15 is 0 Å². The minimum atomic E-state index is -0.735. The van der Waals surface area contributed by atoms with Crippen molar-refractivity contribution in [3.05, 3.63) is 71.5 Å². The van der Waals surface area contributed by atoms with Crippen LogP contribution in [0.4, 0.5) is 21.8 Å². The summed E-state index contributed by atoms with van der Waals surface area (Å²) in [6.45, 7) is 0.974. The summed E-state index contributed by atoms with van der Waals surface area (Å²) in [4.78, 5) is 40.7. The van der Waals surface area contributed by atoms with E-state index in [9.17, 15) is 14.0 Å². The number of nitrogens with one attached hydrogen (secondary N) is 1. The normalized spacial score (nSPS) is 13.6. The summed E-state index contributed by atoms with van der Waals surface area (Å²) in [7, 11) is 0. The highest BCUT2D eigenvalue weighted by Gasteiger charge is 2.28. The zero-order valence-electron chi connectivity index (χ0n) is 19.4. The van der Waals surface area contributed by atoms with Crippen molar-refractivity contribution < 1.29 is 16.7 Å². The van der Waals surface area contributed by atoms with E-state index < -0.39 is 21.0 Å². The van der Waals surface area contributed by atoms with Crippen LogP contribution in [0.25, 0.3) is 22.3 Å². The van der Waals surface area contributed by atoms with E-state index in [1.165, 1.54) is 12.1 Å². The summed E-state index contributed by atoms with van der Waals surface area (Å²) in [6, 6.07) is 16.4. The van der Waals surface area contributed by atoms with Gasteiger partial charge in [-0.05, 0) is 60.7 Å². The maximum atomic E-state index is 13.4. The van der Waals surface area contributed by atoms with Crippen LogP contribution in [0.15, 0.2) is 60.7 Å². The molecule has 0 unspecified atom stereocenters. The number of hydrogen-bond acceptors (Lipinski definition) is 7. The number of pyridine rings is 1. The highest BCUT2D eigenvalue weighted by Crippen LogP contribution is 2.29. The number of nitrogens with zero attached hydrogens (tertiary/aromatic N) is 5. The Bertz CT molecular complexity index is 1530. The number of aromatic nitrogens is 3. The van der Waals surface area contributed by atoms with Gasteiger partial charge >= 0.3 is 5.91 Å². The maximum absolute atomic E-state index is 13.4. The third-order valence-electron chi connectivity index (χ3n) is 5.60. The number of halogens is 3. The first kappa shape index (κ1) is 25.1. The number of fused-ring (bicyclic) bond motifs is 1. The predicted molar refractivity (Wildman–Crippen MR) is 148 cm³/mol. The van der Waals surface area contributed by atoms with Crippen molar-refractivity contribution in [2.75, 3.05) is 33.6 Å². The van der Waals surface area contributed by atoms with E-state index in [0.717, 1.165) is 5.56 Å². The Morgan fingerprint density at radius 3 is 2.51 bits per heavy atom. The van der Waals surface area contributed by atoms with Crippen molar-refractivity contribution in [2.45, 2.75) is 6.42 Å². The molecule has 0 saturated carbocycles.